The second-order valence-corrected chi connectivity index (χ2v) is 6.36. The molecule has 1 amide bonds. The van der Waals surface area contributed by atoms with Crippen molar-refractivity contribution >= 4 is 17.4 Å². The summed E-state index contributed by atoms with van der Waals surface area (Å²) in [5.41, 5.74) is 11.1. The molecule has 3 N–H and O–H groups in total. The SMILES string of the molecule is Cc1cc(F)cc(C)c1CNc1cc(OC(N)=O)cn2c(C)c(C)nc12. The number of fused-ring (bicyclic) bond motifs is 1. The lowest BCUT2D eigenvalue weighted by Gasteiger charge is -2.14. The van der Waals surface area contributed by atoms with Gasteiger partial charge in [0.1, 0.15) is 5.82 Å². The van der Waals surface area contributed by atoms with Crippen LogP contribution in [-0.2, 0) is 6.54 Å². The lowest BCUT2D eigenvalue weighted by atomic mass is 10.0. The second-order valence-electron chi connectivity index (χ2n) is 6.36. The van der Waals surface area contributed by atoms with Crippen LogP contribution in [0.4, 0.5) is 14.9 Å². The Morgan fingerprint density at radius 2 is 1.88 bits per heavy atom. The fourth-order valence-electron chi connectivity index (χ4n) is 3.05. The number of anilines is 1. The number of halogens is 1. The maximum atomic E-state index is 13.5. The number of rotatable bonds is 4. The van der Waals surface area contributed by atoms with Crippen LogP contribution in [0.15, 0.2) is 24.4 Å². The largest absolute Gasteiger partial charge is 0.410 e. The molecule has 0 aliphatic carbocycles. The van der Waals surface area contributed by atoms with Gasteiger partial charge in [-0.15, -0.1) is 0 Å². The van der Waals surface area contributed by atoms with Crippen LogP contribution in [0.2, 0.25) is 0 Å². The molecule has 0 unspecified atom stereocenters. The number of carbonyl (C=O) groups excluding carboxylic acids is 1. The van der Waals surface area contributed by atoms with Crippen molar-refractivity contribution in [1.29, 1.82) is 0 Å². The third kappa shape index (κ3) is 3.33. The maximum absolute atomic E-state index is 13.5. The molecule has 0 fully saturated rings. The first-order valence-corrected chi connectivity index (χ1v) is 8.22. The summed E-state index contributed by atoms with van der Waals surface area (Å²) in [7, 11) is 0. The molecule has 0 aliphatic rings. The van der Waals surface area contributed by atoms with Gasteiger partial charge >= 0.3 is 6.09 Å². The molecular weight excluding hydrogens is 335 g/mol. The minimum absolute atomic E-state index is 0.248. The molecule has 0 aliphatic heterocycles. The summed E-state index contributed by atoms with van der Waals surface area (Å²) in [5.74, 6) is 0.0723. The molecule has 0 radical (unpaired) electrons. The lowest BCUT2D eigenvalue weighted by molar-refractivity contribution is 0.210. The van der Waals surface area contributed by atoms with Crippen LogP contribution >= 0.6 is 0 Å². The summed E-state index contributed by atoms with van der Waals surface area (Å²) in [6.45, 7) is 8.08. The van der Waals surface area contributed by atoms with Crippen LogP contribution in [0.5, 0.6) is 5.75 Å². The molecule has 26 heavy (non-hydrogen) atoms. The second kappa shape index (κ2) is 6.67. The van der Waals surface area contributed by atoms with Crippen molar-refractivity contribution in [1.82, 2.24) is 9.38 Å². The van der Waals surface area contributed by atoms with Crippen molar-refractivity contribution < 1.29 is 13.9 Å². The first-order valence-electron chi connectivity index (χ1n) is 8.22. The number of benzene rings is 1. The van der Waals surface area contributed by atoms with Crippen molar-refractivity contribution in [2.45, 2.75) is 34.2 Å². The van der Waals surface area contributed by atoms with Crippen molar-refractivity contribution in [2.24, 2.45) is 5.73 Å². The Hall–Kier alpha value is -3.09. The number of amides is 1. The van der Waals surface area contributed by atoms with E-state index in [1.54, 1.807) is 12.3 Å². The Bertz CT molecular complexity index is 987. The van der Waals surface area contributed by atoms with E-state index in [1.807, 2.05) is 32.1 Å². The number of primary amides is 1. The zero-order chi connectivity index (χ0) is 19.0. The first kappa shape index (κ1) is 17.7. The highest BCUT2D eigenvalue weighted by molar-refractivity contribution is 5.73. The molecule has 0 bridgehead atoms. The fourth-order valence-corrected chi connectivity index (χ4v) is 3.05. The van der Waals surface area contributed by atoms with Crippen LogP contribution in [0.1, 0.15) is 28.1 Å². The summed E-state index contributed by atoms with van der Waals surface area (Å²) in [5, 5.41) is 3.32. The van der Waals surface area contributed by atoms with Gasteiger partial charge in [-0.3, -0.25) is 4.40 Å². The Morgan fingerprint density at radius 1 is 1.23 bits per heavy atom. The number of hydrogen-bond donors (Lipinski definition) is 2. The van der Waals surface area contributed by atoms with E-state index in [0.29, 0.717) is 23.6 Å². The van der Waals surface area contributed by atoms with Crippen molar-refractivity contribution in [2.75, 3.05) is 5.32 Å². The van der Waals surface area contributed by atoms with Gasteiger partial charge in [0.15, 0.2) is 11.4 Å². The minimum Gasteiger partial charge on any atom is -0.409 e. The average Bonchev–Trinajstić information content (AvgIpc) is 2.81. The molecule has 0 spiro atoms. The highest BCUT2D eigenvalue weighted by Crippen LogP contribution is 2.27. The predicted octanol–water partition coefficient (Wildman–Crippen LogP) is 3.78. The van der Waals surface area contributed by atoms with Crippen LogP contribution in [0.3, 0.4) is 0 Å². The molecule has 1 aromatic carbocycles. The number of nitrogens with two attached hydrogens (primary N) is 1. The van der Waals surface area contributed by atoms with E-state index in [9.17, 15) is 9.18 Å². The first-order chi connectivity index (χ1) is 12.3. The summed E-state index contributed by atoms with van der Waals surface area (Å²) >= 11 is 0. The minimum atomic E-state index is -0.880. The van der Waals surface area contributed by atoms with Gasteiger partial charge in [-0.2, -0.15) is 0 Å². The van der Waals surface area contributed by atoms with Crippen LogP contribution in [0, 0.1) is 33.5 Å². The quantitative estimate of drug-likeness (QED) is 0.745. The third-order valence-electron chi connectivity index (χ3n) is 4.51. The van der Waals surface area contributed by atoms with E-state index in [1.165, 1.54) is 12.1 Å². The Balaban J connectivity index is 2.01. The highest BCUT2D eigenvalue weighted by Gasteiger charge is 2.14. The molecule has 7 heteroatoms. The molecular formula is C19H21FN4O2. The Morgan fingerprint density at radius 3 is 2.50 bits per heavy atom. The molecule has 0 saturated carbocycles. The van der Waals surface area contributed by atoms with Gasteiger partial charge in [-0.1, -0.05) is 0 Å². The van der Waals surface area contributed by atoms with E-state index in [-0.39, 0.29) is 5.82 Å². The number of aromatic nitrogens is 2. The molecule has 136 valence electrons. The van der Waals surface area contributed by atoms with Crippen molar-refractivity contribution in [3.8, 4) is 5.75 Å². The van der Waals surface area contributed by atoms with E-state index in [0.717, 1.165) is 28.1 Å². The highest BCUT2D eigenvalue weighted by atomic mass is 19.1. The van der Waals surface area contributed by atoms with Crippen LogP contribution < -0.4 is 15.8 Å². The summed E-state index contributed by atoms with van der Waals surface area (Å²) in [4.78, 5) is 15.7. The van der Waals surface area contributed by atoms with E-state index < -0.39 is 6.09 Å². The normalized spacial score (nSPS) is 11.0. The number of carbonyl (C=O) groups is 1. The number of pyridine rings is 1. The van der Waals surface area contributed by atoms with Crippen molar-refractivity contribution in [3.63, 3.8) is 0 Å². The van der Waals surface area contributed by atoms with Gasteiger partial charge in [-0.05, 0) is 56.5 Å². The van der Waals surface area contributed by atoms with Gasteiger partial charge < -0.3 is 15.8 Å². The summed E-state index contributed by atoms with van der Waals surface area (Å²) in [6.07, 6.45) is 0.796. The number of nitrogens with one attached hydrogen (secondary N) is 1. The van der Waals surface area contributed by atoms with Gasteiger partial charge in [0.25, 0.3) is 0 Å². The maximum Gasteiger partial charge on any atom is 0.410 e. The standard InChI is InChI=1S/C19H21FN4O2/c1-10-5-14(20)6-11(2)16(10)8-22-17-7-15(26-19(21)25)9-24-13(4)12(3)23-18(17)24/h5-7,9,22H,8H2,1-4H3,(H2,21,25). The lowest BCUT2D eigenvalue weighted by Crippen LogP contribution is -2.17. The van der Waals surface area contributed by atoms with Gasteiger partial charge in [0, 0.05) is 18.3 Å². The monoisotopic (exact) mass is 356 g/mol. The number of aryl methyl sites for hydroxylation is 4. The van der Waals surface area contributed by atoms with E-state index in [2.05, 4.69) is 10.3 Å². The Labute approximate surface area is 150 Å². The summed E-state index contributed by atoms with van der Waals surface area (Å²) < 4.78 is 20.4. The van der Waals surface area contributed by atoms with Crippen LogP contribution in [-0.4, -0.2) is 15.5 Å². The zero-order valence-corrected chi connectivity index (χ0v) is 15.2. The molecule has 2 heterocycles. The smallest absolute Gasteiger partial charge is 0.409 e. The topological polar surface area (TPSA) is 81.6 Å². The number of ether oxygens (including phenoxy) is 1. The van der Waals surface area contributed by atoms with Gasteiger partial charge in [0.05, 0.1) is 17.6 Å². The third-order valence-corrected chi connectivity index (χ3v) is 4.51. The van der Waals surface area contributed by atoms with Gasteiger partial charge in [0.2, 0.25) is 0 Å². The van der Waals surface area contributed by atoms with Gasteiger partial charge in [-0.25, -0.2) is 14.2 Å². The molecule has 3 rings (SSSR count). The summed E-state index contributed by atoms with van der Waals surface area (Å²) in [6, 6.07) is 4.70. The fraction of sp³-hybridized carbons (Fsp3) is 0.263. The van der Waals surface area contributed by atoms with E-state index in [4.69, 9.17) is 10.5 Å². The molecule has 2 aromatic heterocycles. The van der Waals surface area contributed by atoms with Crippen molar-refractivity contribution in [3.05, 3.63) is 58.3 Å². The number of imidazole rings is 1. The van der Waals surface area contributed by atoms with Crippen LogP contribution in [0.25, 0.3) is 5.65 Å². The number of nitrogens with zero attached hydrogens (tertiary/aromatic N) is 2. The molecule has 0 atom stereocenters. The Kier molecular flexibility index (Phi) is 4.54. The molecule has 0 saturated heterocycles. The molecule has 6 nitrogen and oxygen atoms in total. The zero-order valence-electron chi connectivity index (χ0n) is 15.2. The number of hydrogen-bond acceptors (Lipinski definition) is 4. The average molecular weight is 356 g/mol. The predicted molar refractivity (Wildman–Crippen MR) is 98.1 cm³/mol. The van der Waals surface area contributed by atoms with E-state index >= 15 is 0 Å². The molecule has 3 aromatic rings.